The summed E-state index contributed by atoms with van der Waals surface area (Å²) in [6, 6.07) is 61.1. The highest BCUT2D eigenvalue weighted by molar-refractivity contribution is 7.25. The smallest absolute Gasteiger partial charge is 0.164 e. The van der Waals surface area contributed by atoms with E-state index in [0.717, 1.165) is 82.8 Å². The molecule has 12 aromatic rings. The van der Waals surface area contributed by atoms with E-state index >= 15 is 0 Å². The molecule has 0 spiro atoms. The number of aromatic nitrogens is 3. The van der Waals surface area contributed by atoms with Crippen molar-refractivity contribution >= 4 is 75.4 Å². The lowest BCUT2D eigenvalue weighted by Crippen LogP contribution is -2.00. The minimum absolute atomic E-state index is 0.559. The molecule has 5 nitrogen and oxygen atoms in total. The molecular formula is C51H29N3O2S. The van der Waals surface area contributed by atoms with Gasteiger partial charge in [0.25, 0.3) is 0 Å². The van der Waals surface area contributed by atoms with Crippen LogP contribution in [0.25, 0.3) is 120 Å². The first kappa shape index (κ1) is 31.9. The molecule has 0 aliphatic carbocycles. The molecule has 12 rings (SSSR count). The summed E-state index contributed by atoms with van der Waals surface area (Å²) in [5.41, 5.74) is 10.3. The first-order valence-corrected chi connectivity index (χ1v) is 19.7. The van der Waals surface area contributed by atoms with Crippen LogP contribution in [-0.2, 0) is 0 Å². The Kier molecular flexibility index (Phi) is 7.03. The number of thiophene rings is 1. The second-order valence-corrected chi connectivity index (χ2v) is 15.5. The zero-order chi connectivity index (χ0) is 37.5. The molecule has 0 unspecified atom stereocenters. The van der Waals surface area contributed by atoms with Crippen molar-refractivity contribution in [2.75, 3.05) is 0 Å². The van der Waals surface area contributed by atoms with Gasteiger partial charge in [-0.2, -0.15) is 0 Å². The van der Waals surface area contributed by atoms with Crippen molar-refractivity contribution in [3.63, 3.8) is 0 Å². The number of fused-ring (bicyclic) bond motifs is 9. The van der Waals surface area contributed by atoms with E-state index in [-0.39, 0.29) is 0 Å². The summed E-state index contributed by atoms with van der Waals surface area (Å²) in [5, 5.41) is 6.79. The van der Waals surface area contributed by atoms with Crippen LogP contribution in [0.4, 0.5) is 0 Å². The molecule has 0 N–H and O–H groups in total. The standard InChI is InChI=1S/C51H29N3O2S/c1-2-9-30(10-3-1)33-17-21-39-40-23-19-36(29-46(40)56-44(39)27-33)51-53-49(52-50(54-51)35-18-22-38-37-13-4-6-15-43(37)55-45(38)28-35)34-12-8-11-31(25-34)32-20-24-48-42(26-32)41-14-5-7-16-47(41)57-48/h1-29H. The molecule has 0 aliphatic rings. The summed E-state index contributed by atoms with van der Waals surface area (Å²) < 4.78 is 15.4. The Hall–Kier alpha value is -7.41. The van der Waals surface area contributed by atoms with E-state index in [1.807, 2.05) is 47.7 Å². The summed E-state index contributed by atoms with van der Waals surface area (Å²) in [5.74, 6) is 1.70. The molecule has 4 aromatic heterocycles. The molecule has 57 heavy (non-hydrogen) atoms. The molecule has 0 amide bonds. The number of hydrogen-bond acceptors (Lipinski definition) is 6. The van der Waals surface area contributed by atoms with Crippen LogP contribution in [0.15, 0.2) is 185 Å². The van der Waals surface area contributed by atoms with Gasteiger partial charge in [0.1, 0.15) is 22.3 Å². The highest BCUT2D eigenvalue weighted by atomic mass is 32.1. The molecule has 6 heteroatoms. The van der Waals surface area contributed by atoms with E-state index in [2.05, 4.69) is 140 Å². The van der Waals surface area contributed by atoms with Gasteiger partial charge in [-0.15, -0.1) is 11.3 Å². The van der Waals surface area contributed by atoms with Gasteiger partial charge in [0.15, 0.2) is 17.5 Å². The largest absolute Gasteiger partial charge is 0.456 e. The third-order valence-corrected chi connectivity index (χ3v) is 12.1. The lowest BCUT2D eigenvalue weighted by molar-refractivity contribution is 0.669. The number of nitrogens with zero attached hydrogens (tertiary/aromatic N) is 3. The summed E-state index contributed by atoms with van der Waals surface area (Å²) in [6.45, 7) is 0. The normalized spacial score (nSPS) is 11.9. The van der Waals surface area contributed by atoms with Gasteiger partial charge in [-0.1, -0.05) is 109 Å². The molecule has 0 fully saturated rings. The average molecular weight is 748 g/mol. The number of hydrogen-bond donors (Lipinski definition) is 0. The summed E-state index contributed by atoms with van der Waals surface area (Å²) in [6.07, 6.45) is 0. The molecule has 0 atom stereocenters. The van der Waals surface area contributed by atoms with E-state index in [4.69, 9.17) is 23.8 Å². The SMILES string of the molecule is c1ccc(-c2ccc3c(c2)oc2cc(-c4nc(-c5cccc(-c6ccc7sc8ccccc8c7c6)c5)nc(-c5ccc6c(c5)oc5ccccc56)n4)ccc23)cc1. The first-order chi connectivity index (χ1) is 28.2. The molecule has 4 heterocycles. The van der Waals surface area contributed by atoms with Crippen molar-refractivity contribution in [2.24, 2.45) is 0 Å². The number of furan rings is 2. The zero-order valence-electron chi connectivity index (χ0n) is 30.3. The highest BCUT2D eigenvalue weighted by Gasteiger charge is 2.17. The molecule has 0 saturated carbocycles. The number of benzene rings is 8. The third-order valence-electron chi connectivity index (χ3n) is 10.9. The highest BCUT2D eigenvalue weighted by Crippen LogP contribution is 2.39. The Morgan fingerprint density at radius 1 is 0.281 bits per heavy atom. The minimum atomic E-state index is 0.559. The first-order valence-electron chi connectivity index (χ1n) is 18.9. The Balaban J connectivity index is 1.00. The van der Waals surface area contributed by atoms with Crippen LogP contribution in [-0.4, -0.2) is 15.0 Å². The van der Waals surface area contributed by atoms with Gasteiger partial charge in [0, 0.05) is 58.4 Å². The maximum absolute atomic E-state index is 6.52. The Morgan fingerprint density at radius 3 is 1.46 bits per heavy atom. The molecule has 266 valence electrons. The summed E-state index contributed by atoms with van der Waals surface area (Å²) in [4.78, 5) is 15.4. The lowest BCUT2D eigenvalue weighted by Gasteiger charge is -2.10. The van der Waals surface area contributed by atoms with Gasteiger partial charge in [-0.05, 0) is 89.0 Å². The molecule has 0 radical (unpaired) electrons. The summed E-state index contributed by atoms with van der Waals surface area (Å²) >= 11 is 1.83. The maximum atomic E-state index is 6.52. The molecular weight excluding hydrogens is 719 g/mol. The maximum Gasteiger partial charge on any atom is 0.164 e. The second kappa shape index (κ2) is 12.6. The van der Waals surface area contributed by atoms with Gasteiger partial charge in [-0.3, -0.25) is 0 Å². The van der Waals surface area contributed by atoms with Gasteiger partial charge in [0.05, 0.1) is 0 Å². The average Bonchev–Trinajstić information content (AvgIpc) is 3.96. The lowest BCUT2D eigenvalue weighted by atomic mass is 10.0. The monoisotopic (exact) mass is 747 g/mol. The molecule has 0 bridgehead atoms. The van der Waals surface area contributed by atoms with E-state index in [0.29, 0.717) is 17.5 Å². The van der Waals surface area contributed by atoms with Crippen LogP contribution in [0.3, 0.4) is 0 Å². The fourth-order valence-corrected chi connectivity index (χ4v) is 9.18. The van der Waals surface area contributed by atoms with Gasteiger partial charge >= 0.3 is 0 Å². The van der Waals surface area contributed by atoms with Crippen LogP contribution >= 0.6 is 11.3 Å². The zero-order valence-corrected chi connectivity index (χ0v) is 31.1. The van der Waals surface area contributed by atoms with Crippen molar-refractivity contribution < 1.29 is 8.83 Å². The third kappa shape index (κ3) is 5.34. The van der Waals surface area contributed by atoms with Crippen molar-refractivity contribution in [1.29, 1.82) is 0 Å². The van der Waals surface area contributed by atoms with Crippen LogP contribution in [0.2, 0.25) is 0 Å². The molecule has 0 aliphatic heterocycles. The topological polar surface area (TPSA) is 65.0 Å². The Morgan fingerprint density at radius 2 is 0.737 bits per heavy atom. The van der Waals surface area contributed by atoms with E-state index in [1.54, 1.807) is 0 Å². The van der Waals surface area contributed by atoms with E-state index < -0.39 is 0 Å². The molecule has 0 saturated heterocycles. The minimum Gasteiger partial charge on any atom is -0.456 e. The van der Waals surface area contributed by atoms with Gasteiger partial charge in [0.2, 0.25) is 0 Å². The van der Waals surface area contributed by atoms with Crippen molar-refractivity contribution in [3.05, 3.63) is 176 Å². The quantitative estimate of drug-likeness (QED) is 0.175. The van der Waals surface area contributed by atoms with Gasteiger partial charge < -0.3 is 8.83 Å². The van der Waals surface area contributed by atoms with Crippen LogP contribution < -0.4 is 0 Å². The van der Waals surface area contributed by atoms with Crippen LogP contribution in [0, 0.1) is 0 Å². The number of rotatable bonds is 5. The fourth-order valence-electron chi connectivity index (χ4n) is 8.10. The van der Waals surface area contributed by atoms with E-state index in [9.17, 15) is 0 Å². The van der Waals surface area contributed by atoms with E-state index in [1.165, 1.54) is 20.2 Å². The van der Waals surface area contributed by atoms with Crippen molar-refractivity contribution in [2.45, 2.75) is 0 Å². The van der Waals surface area contributed by atoms with Crippen molar-refractivity contribution in [1.82, 2.24) is 15.0 Å². The Labute approximate surface area is 330 Å². The fraction of sp³-hybridized carbons (Fsp3) is 0. The molecule has 8 aromatic carbocycles. The Bertz CT molecular complexity index is 3540. The summed E-state index contributed by atoms with van der Waals surface area (Å²) in [7, 11) is 0. The number of para-hydroxylation sites is 1. The predicted octanol–water partition coefficient (Wildman–Crippen LogP) is 14.4. The van der Waals surface area contributed by atoms with Crippen LogP contribution in [0.1, 0.15) is 0 Å². The second-order valence-electron chi connectivity index (χ2n) is 14.4. The van der Waals surface area contributed by atoms with Crippen molar-refractivity contribution in [3.8, 4) is 56.4 Å². The van der Waals surface area contributed by atoms with Crippen LogP contribution in [0.5, 0.6) is 0 Å². The predicted molar refractivity (Wildman–Crippen MR) is 234 cm³/mol. The van der Waals surface area contributed by atoms with Gasteiger partial charge in [-0.25, -0.2) is 15.0 Å².